The lowest BCUT2D eigenvalue weighted by molar-refractivity contribution is 0.0600. The third-order valence-corrected chi connectivity index (χ3v) is 7.42. The topological polar surface area (TPSA) is 51.0 Å². The van der Waals surface area contributed by atoms with Crippen molar-refractivity contribution in [3.63, 3.8) is 0 Å². The van der Waals surface area contributed by atoms with Crippen molar-refractivity contribution in [2.75, 3.05) is 7.11 Å². The Morgan fingerprint density at radius 1 is 0.964 bits per heavy atom. The fourth-order valence-corrected chi connectivity index (χ4v) is 6.15. The molecule has 0 aromatic heterocycles. The Balaban J connectivity index is 1.69. The molecule has 1 heterocycles. The van der Waals surface area contributed by atoms with Gasteiger partial charge in [0.25, 0.3) is 0 Å². The van der Waals surface area contributed by atoms with Crippen LogP contribution in [-0.4, -0.2) is 13.1 Å². The van der Waals surface area contributed by atoms with Crippen LogP contribution in [0.4, 0.5) is 0 Å². The van der Waals surface area contributed by atoms with E-state index in [1.807, 2.05) is 24.3 Å². The molecule has 5 rings (SSSR count). The summed E-state index contributed by atoms with van der Waals surface area (Å²) in [5, 5.41) is 10.0. The van der Waals surface area contributed by atoms with Crippen LogP contribution in [0.15, 0.2) is 77.0 Å². The first kappa shape index (κ1) is 17.4. The van der Waals surface area contributed by atoms with Crippen molar-refractivity contribution in [1.82, 2.24) is 0 Å². The van der Waals surface area contributed by atoms with Gasteiger partial charge in [-0.1, -0.05) is 68.5 Å². The minimum absolute atomic E-state index is 0.200. The van der Waals surface area contributed by atoms with Crippen LogP contribution in [0.25, 0.3) is 0 Å². The smallest absolute Gasteiger partial charge is 0.337 e. The number of methoxy groups -OCH3 is 1. The number of azo groups is 1. The second kappa shape index (κ2) is 5.63. The second-order valence-corrected chi connectivity index (χ2v) is 8.59. The molecule has 4 atom stereocenters. The molecule has 2 bridgehead atoms. The molecule has 2 aliphatic carbocycles. The largest absolute Gasteiger partial charge is 0.465 e. The van der Waals surface area contributed by atoms with Crippen LogP contribution < -0.4 is 0 Å². The maximum Gasteiger partial charge on any atom is 0.337 e. The summed E-state index contributed by atoms with van der Waals surface area (Å²) >= 11 is 0. The summed E-state index contributed by atoms with van der Waals surface area (Å²) in [7, 11) is 1.41. The maximum atomic E-state index is 11.9. The van der Waals surface area contributed by atoms with Crippen LogP contribution in [0.1, 0.15) is 41.8 Å². The molecular weight excluding hydrogens is 348 g/mol. The standard InChI is InChI=1S/C24H24N2O2/c1-22(2)23(17-8-5-4-6-9-17)19-10-7-11-20(19)24(22,26-25-23)18-14-12-16(13-15-18)21(27)28-3/h4-10,12-15,19-20H,11H2,1-3H3/t19-,20+,23-,24+/m1/s1. The lowest BCUT2D eigenvalue weighted by Crippen LogP contribution is -2.44. The Kier molecular flexibility index (Phi) is 3.49. The average Bonchev–Trinajstić information content (AvgIpc) is 3.35. The summed E-state index contributed by atoms with van der Waals surface area (Å²) in [6.07, 6.45) is 5.64. The maximum absolute atomic E-state index is 11.9. The Labute approximate surface area is 165 Å². The molecule has 0 unspecified atom stereocenters. The van der Waals surface area contributed by atoms with Gasteiger partial charge in [-0.15, -0.1) is 0 Å². The molecule has 4 nitrogen and oxygen atoms in total. The molecule has 4 heteroatoms. The minimum Gasteiger partial charge on any atom is -0.465 e. The number of nitrogens with zero attached hydrogens (tertiary/aromatic N) is 2. The second-order valence-electron chi connectivity index (χ2n) is 8.59. The van der Waals surface area contributed by atoms with E-state index in [0.29, 0.717) is 17.4 Å². The molecule has 1 aliphatic heterocycles. The number of fused-ring (bicyclic) bond motifs is 5. The summed E-state index contributed by atoms with van der Waals surface area (Å²) in [6, 6.07) is 18.4. The van der Waals surface area contributed by atoms with Crippen LogP contribution in [0.3, 0.4) is 0 Å². The van der Waals surface area contributed by atoms with Gasteiger partial charge in [0.2, 0.25) is 0 Å². The first-order valence-corrected chi connectivity index (χ1v) is 9.84. The summed E-state index contributed by atoms with van der Waals surface area (Å²) in [4.78, 5) is 11.9. The first-order valence-electron chi connectivity index (χ1n) is 9.84. The Bertz CT molecular complexity index is 993. The monoisotopic (exact) mass is 372 g/mol. The number of hydrogen-bond donors (Lipinski definition) is 0. The Morgan fingerprint density at radius 3 is 2.29 bits per heavy atom. The molecule has 0 radical (unpaired) electrons. The Hall–Kier alpha value is -2.75. The molecule has 142 valence electrons. The molecule has 0 saturated heterocycles. The van der Waals surface area contributed by atoms with Crippen LogP contribution in [0.5, 0.6) is 0 Å². The lowest BCUT2D eigenvalue weighted by Gasteiger charge is -2.41. The summed E-state index contributed by atoms with van der Waals surface area (Å²) in [6.45, 7) is 4.61. The Morgan fingerprint density at radius 2 is 1.61 bits per heavy atom. The molecule has 3 aliphatic rings. The van der Waals surface area contributed by atoms with E-state index in [-0.39, 0.29) is 16.9 Å². The van der Waals surface area contributed by atoms with Crippen molar-refractivity contribution in [3.05, 3.63) is 83.4 Å². The van der Waals surface area contributed by atoms with Gasteiger partial charge < -0.3 is 4.74 Å². The van der Waals surface area contributed by atoms with Gasteiger partial charge in [-0.05, 0) is 29.7 Å². The zero-order chi connectivity index (χ0) is 19.6. The van der Waals surface area contributed by atoms with E-state index in [1.54, 1.807) is 0 Å². The van der Waals surface area contributed by atoms with Crippen LogP contribution in [-0.2, 0) is 15.8 Å². The van der Waals surface area contributed by atoms with Crippen LogP contribution in [0, 0.1) is 17.3 Å². The fourth-order valence-electron chi connectivity index (χ4n) is 6.15. The van der Waals surface area contributed by atoms with Gasteiger partial charge >= 0.3 is 5.97 Å². The molecule has 0 N–H and O–H groups in total. The van der Waals surface area contributed by atoms with E-state index in [9.17, 15) is 4.79 Å². The van der Waals surface area contributed by atoms with Gasteiger partial charge in [0.1, 0.15) is 11.1 Å². The van der Waals surface area contributed by atoms with Gasteiger partial charge in [-0.2, -0.15) is 10.2 Å². The van der Waals surface area contributed by atoms with E-state index in [0.717, 1.165) is 12.0 Å². The van der Waals surface area contributed by atoms with Crippen molar-refractivity contribution < 1.29 is 9.53 Å². The first-order chi connectivity index (χ1) is 13.5. The van der Waals surface area contributed by atoms with Crippen molar-refractivity contribution in [2.45, 2.75) is 31.3 Å². The van der Waals surface area contributed by atoms with E-state index in [4.69, 9.17) is 15.0 Å². The molecule has 2 aromatic carbocycles. The molecule has 0 amide bonds. The molecule has 1 fully saturated rings. The third kappa shape index (κ3) is 1.79. The van der Waals surface area contributed by atoms with Gasteiger partial charge in [0.15, 0.2) is 0 Å². The number of carbonyl (C=O) groups is 1. The quantitative estimate of drug-likeness (QED) is 0.545. The van der Waals surface area contributed by atoms with E-state index in [2.05, 4.69) is 56.3 Å². The normalized spacial score (nSPS) is 33.8. The van der Waals surface area contributed by atoms with E-state index >= 15 is 0 Å². The summed E-state index contributed by atoms with van der Waals surface area (Å²) < 4.78 is 4.85. The average molecular weight is 372 g/mol. The van der Waals surface area contributed by atoms with Crippen molar-refractivity contribution in [2.24, 2.45) is 27.5 Å². The SMILES string of the molecule is COC(=O)c1ccc([C@]23N=N[C@](c4ccccc4)([C@@H]4C=CC[C@@H]42)C3(C)C)cc1. The van der Waals surface area contributed by atoms with Gasteiger partial charge in [-0.3, -0.25) is 0 Å². The zero-order valence-electron chi connectivity index (χ0n) is 16.4. The molecule has 0 spiro atoms. The number of hydrogen-bond acceptors (Lipinski definition) is 4. The van der Waals surface area contributed by atoms with E-state index < -0.39 is 5.54 Å². The highest BCUT2D eigenvalue weighted by Gasteiger charge is 2.77. The summed E-state index contributed by atoms with van der Waals surface area (Å²) in [5.41, 5.74) is 1.94. The van der Waals surface area contributed by atoms with Gasteiger partial charge in [0, 0.05) is 17.3 Å². The highest BCUT2D eigenvalue weighted by atomic mass is 16.5. The number of esters is 1. The van der Waals surface area contributed by atoms with Crippen LogP contribution in [0.2, 0.25) is 0 Å². The van der Waals surface area contributed by atoms with Crippen molar-refractivity contribution >= 4 is 5.97 Å². The third-order valence-electron chi connectivity index (χ3n) is 7.42. The molecule has 2 aromatic rings. The predicted molar refractivity (Wildman–Crippen MR) is 107 cm³/mol. The molecular formula is C24H24N2O2. The number of rotatable bonds is 3. The highest BCUT2D eigenvalue weighted by molar-refractivity contribution is 5.89. The number of allylic oxidation sites excluding steroid dienone is 1. The van der Waals surface area contributed by atoms with Crippen LogP contribution >= 0.6 is 0 Å². The fraction of sp³-hybridized carbons (Fsp3) is 0.375. The predicted octanol–water partition coefficient (Wildman–Crippen LogP) is 5.26. The summed E-state index contributed by atoms with van der Waals surface area (Å²) in [5.74, 6) is 0.369. The van der Waals surface area contributed by atoms with Crippen molar-refractivity contribution in [3.8, 4) is 0 Å². The number of benzene rings is 2. The van der Waals surface area contributed by atoms with Gasteiger partial charge in [0.05, 0.1) is 12.7 Å². The lowest BCUT2D eigenvalue weighted by atomic mass is 9.61. The molecule has 28 heavy (non-hydrogen) atoms. The van der Waals surface area contributed by atoms with E-state index in [1.165, 1.54) is 12.7 Å². The minimum atomic E-state index is -0.411. The number of ether oxygens (including phenoxy) is 1. The van der Waals surface area contributed by atoms with Gasteiger partial charge in [-0.25, -0.2) is 4.79 Å². The molecule has 1 saturated carbocycles. The number of carbonyl (C=O) groups excluding carboxylic acids is 1. The highest BCUT2D eigenvalue weighted by Crippen LogP contribution is 2.76. The van der Waals surface area contributed by atoms with Crippen molar-refractivity contribution in [1.29, 1.82) is 0 Å². The zero-order valence-corrected chi connectivity index (χ0v) is 16.4.